The van der Waals surface area contributed by atoms with E-state index < -0.39 is 91.6 Å². The molecule has 44 heavy (non-hydrogen) atoms. The van der Waals surface area contributed by atoms with Gasteiger partial charge in [0.2, 0.25) is 0 Å². The van der Waals surface area contributed by atoms with Crippen molar-refractivity contribution in [2.24, 2.45) is 0 Å². The first-order chi connectivity index (χ1) is 17.7. The summed E-state index contributed by atoms with van der Waals surface area (Å²) in [4.78, 5) is 0. The molecule has 0 aromatic rings. The van der Waals surface area contributed by atoms with Crippen molar-refractivity contribution in [2.75, 3.05) is 0 Å². The molecular formula is C22H30F22. The Morgan fingerprint density at radius 2 is 0.682 bits per heavy atom. The van der Waals surface area contributed by atoms with Crippen LogP contribution in [0.2, 0.25) is 0 Å². The molecule has 0 amide bonds. The van der Waals surface area contributed by atoms with Crippen molar-refractivity contribution < 1.29 is 96.6 Å². The van der Waals surface area contributed by atoms with Crippen molar-refractivity contribution in [1.82, 2.24) is 0 Å². The fourth-order valence-electron chi connectivity index (χ4n) is 1.37. The Morgan fingerprint density at radius 1 is 0.477 bits per heavy atom. The summed E-state index contributed by atoms with van der Waals surface area (Å²) in [6.07, 6.45) is -29.4. The van der Waals surface area contributed by atoms with E-state index in [2.05, 4.69) is 6.58 Å². The maximum atomic E-state index is 11.5. The zero-order valence-electron chi connectivity index (χ0n) is 21.3. The number of hydrogen-bond donors (Lipinski definition) is 0. The maximum Gasteiger partial charge on any atom is 0.412 e. The predicted molar refractivity (Wildman–Crippen MR) is 119 cm³/mol. The molecule has 272 valence electrons. The second-order valence-corrected chi connectivity index (χ2v) is 7.58. The summed E-state index contributed by atoms with van der Waals surface area (Å²) in [7, 11) is 0. The number of alkyl halides is 19. The van der Waals surface area contributed by atoms with Gasteiger partial charge in [-0.3, -0.25) is 0 Å². The van der Waals surface area contributed by atoms with Crippen molar-refractivity contribution in [2.45, 2.75) is 105 Å². The molecule has 0 aliphatic carbocycles. The molecule has 0 rings (SSSR count). The second-order valence-electron chi connectivity index (χ2n) is 7.58. The minimum absolute atomic E-state index is 0. The van der Waals surface area contributed by atoms with Gasteiger partial charge in [0.15, 0.2) is 0 Å². The molecule has 0 spiro atoms. The van der Waals surface area contributed by atoms with Crippen LogP contribution in [0.25, 0.3) is 0 Å². The van der Waals surface area contributed by atoms with Gasteiger partial charge in [0.05, 0.1) is 18.6 Å². The third kappa shape index (κ3) is 97.5. The Kier molecular flexibility index (Phi) is 29.0. The number of allylic oxidation sites excluding steroid dienone is 5. The first-order valence-electron chi connectivity index (χ1n) is 9.79. The minimum atomic E-state index is -4.77. The molecule has 0 nitrogen and oxygen atoms in total. The number of hydrogen-bond acceptors (Lipinski definition) is 0. The van der Waals surface area contributed by atoms with E-state index in [-0.39, 0.29) is 28.7 Å². The Bertz CT molecular complexity index is 688. The van der Waals surface area contributed by atoms with E-state index in [0.717, 1.165) is 13.8 Å². The Morgan fingerprint density at radius 3 is 0.682 bits per heavy atom. The van der Waals surface area contributed by atoms with Crippen molar-refractivity contribution in [3.63, 3.8) is 0 Å². The summed E-state index contributed by atoms with van der Waals surface area (Å²) in [5.41, 5.74) is 0. The van der Waals surface area contributed by atoms with Crippen molar-refractivity contribution in [1.29, 1.82) is 0 Å². The molecule has 0 heterocycles. The molecule has 0 aromatic carbocycles. The van der Waals surface area contributed by atoms with Crippen LogP contribution in [0.4, 0.5) is 96.6 Å². The smallest absolute Gasteiger partial charge is 0.212 e. The standard InChI is InChI=1S/2C4H5F5.3C4H4F4.2CH4/c2*1-3(5,6)2-4(7,8)9;3*1-3(5)2-4(6,7)8;;/h2*2H2,1H3;2*2H,1H3;1-2H2;2*1H4/b;;3-2+;3-2-;;;. The van der Waals surface area contributed by atoms with Gasteiger partial charge in [-0.25, -0.2) is 30.7 Å². The van der Waals surface area contributed by atoms with E-state index in [1.54, 1.807) is 0 Å². The molecule has 0 saturated heterocycles. The van der Waals surface area contributed by atoms with Crippen LogP contribution < -0.4 is 0 Å². The highest BCUT2D eigenvalue weighted by Crippen LogP contribution is 2.31. The van der Waals surface area contributed by atoms with Gasteiger partial charge in [0.1, 0.15) is 30.3 Å². The lowest BCUT2D eigenvalue weighted by Gasteiger charge is -2.11. The van der Waals surface area contributed by atoms with Crippen LogP contribution in [0, 0.1) is 0 Å². The quantitative estimate of drug-likeness (QED) is 0.256. The van der Waals surface area contributed by atoms with E-state index in [0.29, 0.717) is 0 Å². The SMILES string of the molecule is C.C.C/C(F)=C/C(F)(F)F.C/C(F)=C\C(F)(F)F.C=C(F)CC(F)(F)F.CC(F)(F)CC(F)(F)F.CC(F)(F)CC(F)(F)F. The Hall–Kier alpha value is -2.32. The average Bonchev–Trinajstić information content (AvgIpc) is 2.40. The molecule has 0 radical (unpaired) electrons. The molecule has 0 saturated carbocycles. The molecule has 0 aliphatic rings. The minimum Gasteiger partial charge on any atom is -0.212 e. The van der Waals surface area contributed by atoms with Gasteiger partial charge in [-0.15, -0.1) is 0 Å². The number of rotatable bonds is 3. The molecular weight excluding hydrogens is 682 g/mol. The summed E-state index contributed by atoms with van der Waals surface area (Å²) in [6, 6.07) is 0. The second kappa shape index (κ2) is 22.2. The van der Waals surface area contributed by atoms with Crippen LogP contribution in [0.3, 0.4) is 0 Å². The Balaban J connectivity index is -0.0000000770. The van der Waals surface area contributed by atoms with Crippen LogP contribution in [-0.2, 0) is 0 Å². The predicted octanol–water partition coefficient (Wildman–Crippen LogP) is 13.7. The van der Waals surface area contributed by atoms with Gasteiger partial charge in [0.25, 0.3) is 11.8 Å². The van der Waals surface area contributed by atoms with E-state index in [4.69, 9.17) is 0 Å². The molecule has 0 unspecified atom stereocenters. The molecule has 0 aromatic heterocycles. The lowest BCUT2D eigenvalue weighted by Crippen LogP contribution is -2.21. The normalized spacial score (nSPS) is 13.0. The number of halogens is 22. The molecule has 0 aliphatic heterocycles. The zero-order chi connectivity index (χ0) is 35.8. The average molecular weight is 712 g/mol. The molecule has 0 fully saturated rings. The maximum absolute atomic E-state index is 11.5. The van der Waals surface area contributed by atoms with Crippen molar-refractivity contribution in [3.05, 3.63) is 36.2 Å². The molecule has 22 heteroatoms. The highest BCUT2D eigenvalue weighted by atomic mass is 19.4. The van der Waals surface area contributed by atoms with E-state index >= 15 is 0 Å². The van der Waals surface area contributed by atoms with Gasteiger partial charge >= 0.3 is 30.9 Å². The molecule has 0 N–H and O–H groups in total. The van der Waals surface area contributed by atoms with Gasteiger partial charge in [0, 0.05) is 0 Å². The molecule has 0 atom stereocenters. The van der Waals surface area contributed by atoms with Crippen molar-refractivity contribution in [3.8, 4) is 0 Å². The Labute approximate surface area is 238 Å². The van der Waals surface area contributed by atoms with Crippen LogP contribution in [-0.4, -0.2) is 42.7 Å². The van der Waals surface area contributed by atoms with E-state index in [1.165, 1.54) is 0 Å². The largest absolute Gasteiger partial charge is 0.412 e. The van der Waals surface area contributed by atoms with Gasteiger partial charge in [-0.2, -0.15) is 65.9 Å². The lowest BCUT2D eigenvalue weighted by molar-refractivity contribution is -0.183. The topological polar surface area (TPSA) is 0 Å². The van der Waals surface area contributed by atoms with Gasteiger partial charge in [-0.05, 0) is 27.7 Å². The summed E-state index contributed by atoms with van der Waals surface area (Å²) < 4.78 is 245. The summed E-state index contributed by atoms with van der Waals surface area (Å²) in [5.74, 6) is -11.1. The summed E-state index contributed by atoms with van der Waals surface area (Å²) >= 11 is 0. The van der Waals surface area contributed by atoms with Gasteiger partial charge in [-0.1, -0.05) is 21.4 Å². The summed E-state index contributed by atoms with van der Waals surface area (Å²) in [5, 5.41) is 0. The third-order valence-electron chi connectivity index (χ3n) is 2.14. The fourth-order valence-corrected chi connectivity index (χ4v) is 1.37. The highest BCUT2D eigenvalue weighted by molar-refractivity contribution is 4.93. The zero-order valence-corrected chi connectivity index (χ0v) is 21.3. The first kappa shape index (κ1) is 57.3. The van der Waals surface area contributed by atoms with Crippen LogP contribution in [0.5, 0.6) is 0 Å². The van der Waals surface area contributed by atoms with Crippen LogP contribution >= 0.6 is 0 Å². The fraction of sp³-hybridized carbons (Fsp3) is 0.727. The summed E-state index contributed by atoms with van der Waals surface area (Å²) in [6.45, 7) is 4.41. The first-order valence-corrected chi connectivity index (χ1v) is 9.79. The van der Waals surface area contributed by atoms with Gasteiger partial charge < -0.3 is 0 Å². The van der Waals surface area contributed by atoms with E-state index in [9.17, 15) is 96.6 Å². The monoisotopic (exact) mass is 712 g/mol. The molecule has 0 bridgehead atoms. The van der Waals surface area contributed by atoms with Crippen LogP contribution in [0.15, 0.2) is 36.2 Å². The van der Waals surface area contributed by atoms with E-state index in [1.807, 2.05) is 0 Å². The highest BCUT2D eigenvalue weighted by Gasteiger charge is 2.40. The third-order valence-corrected chi connectivity index (χ3v) is 2.14. The van der Waals surface area contributed by atoms with Crippen LogP contribution in [0.1, 0.15) is 61.8 Å². The van der Waals surface area contributed by atoms with Crippen molar-refractivity contribution >= 4 is 0 Å². The lowest BCUT2D eigenvalue weighted by atomic mass is 10.3.